The minimum absolute atomic E-state index is 0.0600. The molecule has 2 aromatic carbocycles. The van der Waals surface area contributed by atoms with Crippen molar-refractivity contribution in [3.8, 4) is 0 Å². The number of carbonyl (C=O) groups excluding carboxylic acids is 1. The summed E-state index contributed by atoms with van der Waals surface area (Å²) in [5.41, 5.74) is 4.95. The number of hydrazone groups is 1. The van der Waals surface area contributed by atoms with E-state index in [2.05, 4.69) is 26.0 Å². The summed E-state index contributed by atoms with van der Waals surface area (Å²) < 4.78 is 1.23. The number of benzene rings is 2. The lowest BCUT2D eigenvalue weighted by molar-refractivity contribution is -0.113. The molecule has 0 aliphatic rings. The molecule has 0 unspecified atom stereocenters. The number of nitrogens with zero attached hydrogens (tertiary/aromatic N) is 4. The summed E-state index contributed by atoms with van der Waals surface area (Å²) in [6, 6.07) is 14.7. The van der Waals surface area contributed by atoms with Crippen molar-refractivity contribution in [2.24, 2.45) is 5.10 Å². The third-order valence-corrected chi connectivity index (χ3v) is 5.50. The van der Waals surface area contributed by atoms with E-state index in [4.69, 9.17) is 29.0 Å². The van der Waals surface area contributed by atoms with Crippen LogP contribution in [0.5, 0.6) is 0 Å². The highest BCUT2D eigenvalue weighted by Crippen LogP contribution is 2.29. The summed E-state index contributed by atoms with van der Waals surface area (Å²) in [5.74, 6) is 6.01. The first-order valence-corrected chi connectivity index (χ1v) is 10.1. The van der Waals surface area contributed by atoms with E-state index < -0.39 is 0 Å². The van der Waals surface area contributed by atoms with Crippen molar-refractivity contribution in [1.29, 1.82) is 0 Å². The first-order valence-electron chi connectivity index (χ1n) is 8.38. The molecule has 0 atom stereocenters. The van der Waals surface area contributed by atoms with Crippen molar-refractivity contribution in [3.05, 3.63) is 64.1 Å². The zero-order valence-corrected chi connectivity index (χ0v) is 17.6. The molecule has 29 heavy (non-hydrogen) atoms. The van der Waals surface area contributed by atoms with Crippen molar-refractivity contribution in [1.82, 2.24) is 14.9 Å². The van der Waals surface area contributed by atoms with Gasteiger partial charge in [-0.25, -0.2) is 10.1 Å². The summed E-state index contributed by atoms with van der Waals surface area (Å²) >= 11 is 13.1. The van der Waals surface area contributed by atoms with E-state index in [0.717, 1.165) is 23.0 Å². The molecule has 0 radical (unpaired) electrons. The first-order chi connectivity index (χ1) is 14.0. The van der Waals surface area contributed by atoms with Gasteiger partial charge >= 0.3 is 0 Å². The van der Waals surface area contributed by atoms with Gasteiger partial charge in [0.05, 0.1) is 27.2 Å². The van der Waals surface area contributed by atoms with Crippen LogP contribution in [0.25, 0.3) is 0 Å². The first kappa shape index (κ1) is 21.0. The highest BCUT2D eigenvalue weighted by molar-refractivity contribution is 7.99. The lowest BCUT2D eigenvalue weighted by Gasteiger charge is -2.08. The Morgan fingerprint density at radius 1 is 1.17 bits per heavy atom. The highest BCUT2D eigenvalue weighted by atomic mass is 35.5. The third kappa shape index (κ3) is 5.41. The van der Waals surface area contributed by atoms with Gasteiger partial charge in [-0.05, 0) is 24.6 Å². The fraction of sp³-hybridized carbons (Fsp3) is 0.111. The molecular weight excluding hydrogens is 433 g/mol. The molecule has 0 aliphatic carbocycles. The van der Waals surface area contributed by atoms with Gasteiger partial charge in [-0.3, -0.25) is 4.79 Å². The largest absolute Gasteiger partial charge is 0.334 e. The standard InChI is InChI=1S/C18H17Cl2N7OS/c1-11(12-6-3-2-4-7-12)23-24-17-25-26-18(27(17)21)29-10-15(28)22-14-9-5-8-13(19)16(14)20/h2-9H,10,21H2,1H3,(H,22,28)(H,24,25)/b23-11+. The van der Waals surface area contributed by atoms with E-state index in [9.17, 15) is 4.79 Å². The number of aromatic nitrogens is 3. The Labute approximate surface area is 181 Å². The zero-order chi connectivity index (χ0) is 20.8. The smallest absolute Gasteiger partial charge is 0.264 e. The molecule has 11 heteroatoms. The van der Waals surface area contributed by atoms with Crippen LogP contribution in [0.3, 0.4) is 0 Å². The number of nitrogens with two attached hydrogens (primary N) is 1. The minimum atomic E-state index is -0.283. The van der Waals surface area contributed by atoms with Crippen molar-refractivity contribution in [2.75, 3.05) is 22.3 Å². The number of nitrogens with one attached hydrogen (secondary N) is 2. The Morgan fingerprint density at radius 3 is 2.69 bits per heavy atom. The molecule has 0 spiro atoms. The van der Waals surface area contributed by atoms with E-state index in [0.29, 0.717) is 15.9 Å². The quantitative estimate of drug-likeness (QED) is 0.218. The van der Waals surface area contributed by atoms with Crippen LogP contribution in [0.2, 0.25) is 10.0 Å². The normalized spacial score (nSPS) is 11.3. The van der Waals surface area contributed by atoms with Crippen LogP contribution in [0.4, 0.5) is 11.6 Å². The summed E-state index contributed by atoms with van der Waals surface area (Å²) in [4.78, 5) is 12.2. The molecule has 3 rings (SSSR count). The van der Waals surface area contributed by atoms with Gasteiger partial charge in [-0.1, -0.05) is 71.4 Å². The Kier molecular flexibility index (Phi) is 6.97. The van der Waals surface area contributed by atoms with E-state index in [1.807, 2.05) is 37.3 Å². The highest BCUT2D eigenvalue weighted by Gasteiger charge is 2.13. The summed E-state index contributed by atoms with van der Waals surface area (Å²) in [6.07, 6.45) is 0. The summed E-state index contributed by atoms with van der Waals surface area (Å²) in [6.45, 7) is 1.86. The number of anilines is 2. The Morgan fingerprint density at radius 2 is 1.93 bits per heavy atom. The van der Waals surface area contributed by atoms with Crippen molar-refractivity contribution < 1.29 is 4.79 Å². The number of amides is 1. The van der Waals surface area contributed by atoms with Crippen molar-refractivity contribution in [3.63, 3.8) is 0 Å². The number of nitrogen functional groups attached to an aromatic ring is 1. The van der Waals surface area contributed by atoms with Gasteiger partial charge in [0, 0.05) is 0 Å². The Bertz CT molecular complexity index is 1040. The maximum Gasteiger partial charge on any atom is 0.264 e. The monoisotopic (exact) mass is 449 g/mol. The average Bonchev–Trinajstić information content (AvgIpc) is 3.08. The Hall–Kier alpha value is -2.75. The molecule has 0 bridgehead atoms. The second kappa shape index (κ2) is 9.64. The molecule has 0 aliphatic heterocycles. The lowest BCUT2D eigenvalue weighted by Crippen LogP contribution is -2.17. The molecule has 0 fully saturated rings. The maximum absolute atomic E-state index is 12.2. The molecule has 8 nitrogen and oxygen atoms in total. The fourth-order valence-corrected chi connectivity index (χ4v) is 3.25. The van der Waals surface area contributed by atoms with Gasteiger partial charge in [0.2, 0.25) is 11.1 Å². The van der Waals surface area contributed by atoms with E-state index >= 15 is 0 Å². The molecular formula is C18H17Cl2N7OS. The van der Waals surface area contributed by atoms with Crippen LogP contribution in [-0.4, -0.2) is 32.2 Å². The van der Waals surface area contributed by atoms with Gasteiger partial charge in [0.1, 0.15) is 0 Å². The van der Waals surface area contributed by atoms with Crippen LogP contribution in [0.1, 0.15) is 12.5 Å². The summed E-state index contributed by atoms with van der Waals surface area (Å²) in [5, 5.41) is 15.9. The van der Waals surface area contributed by atoms with Gasteiger partial charge in [-0.15, -0.1) is 10.2 Å². The molecule has 1 heterocycles. The SMILES string of the molecule is C/C(=N\Nc1nnc(SCC(=O)Nc2cccc(Cl)c2Cl)n1N)c1ccccc1. The second-order valence-electron chi connectivity index (χ2n) is 5.79. The summed E-state index contributed by atoms with van der Waals surface area (Å²) in [7, 11) is 0. The number of thioether (sulfide) groups is 1. The molecule has 150 valence electrons. The second-order valence-corrected chi connectivity index (χ2v) is 7.52. The van der Waals surface area contributed by atoms with Crippen molar-refractivity contribution in [2.45, 2.75) is 12.1 Å². The fourth-order valence-electron chi connectivity index (χ4n) is 2.25. The van der Waals surface area contributed by atoms with E-state index in [1.165, 1.54) is 4.68 Å². The third-order valence-electron chi connectivity index (χ3n) is 3.74. The molecule has 1 aromatic heterocycles. The topological polar surface area (TPSA) is 110 Å². The van der Waals surface area contributed by atoms with E-state index in [1.54, 1.807) is 18.2 Å². The van der Waals surface area contributed by atoms with Crippen LogP contribution < -0.4 is 16.6 Å². The van der Waals surface area contributed by atoms with Crippen LogP contribution >= 0.6 is 35.0 Å². The lowest BCUT2D eigenvalue weighted by atomic mass is 10.1. The number of carbonyl (C=O) groups is 1. The molecule has 1 amide bonds. The zero-order valence-electron chi connectivity index (χ0n) is 15.3. The number of hydrogen-bond donors (Lipinski definition) is 3. The van der Waals surface area contributed by atoms with Crippen LogP contribution in [-0.2, 0) is 4.79 Å². The molecule has 3 aromatic rings. The Balaban J connectivity index is 1.58. The van der Waals surface area contributed by atoms with Gasteiger partial charge in [0.25, 0.3) is 5.95 Å². The van der Waals surface area contributed by atoms with Crippen LogP contribution in [0.15, 0.2) is 58.8 Å². The average molecular weight is 450 g/mol. The van der Waals surface area contributed by atoms with Crippen molar-refractivity contribution >= 4 is 58.2 Å². The molecule has 4 N–H and O–H groups in total. The molecule has 0 saturated heterocycles. The number of hydrogen-bond acceptors (Lipinski definition) is 7. The molecule has 0 saturated carbocycles. The number of halogens is 2. The van der Waals surface area contributed by atoms with Gasteiger partial charge in [-0.2, -0.15) is 5.10 Å². The van der Waals surface area contributed by atoms with Gasteiger partial charge < -0.3 is 11.2 Å². The van der Waals surface area contributed by atoms with Crippen LogP contribution in [0, 0.1) is 0 Å². The predicted octanol–water partition coefficient (Wildman–Crippen LogP) is 3.87. The maximum atomic E-state index is 12.2. The predicted molar refractivity (Wildman–Crippen MR) is 118 cm³/mol. The van der Waals surface area contributed by atoms with Gasteiger partial charge in [0.15, 0.2) is 0 Å². The number of rotatable bonds is 7. The minimum Gasteiger partial charge on any atom is -0.334 e. The van der Waals surface area contributed by atoms with E-state index in [-0.39, 0.29) is 22.6 Å².